The fourth-order valence-corrected chi connectivity index (χ4v) is 4.58. The van der Waals surface area contributed by atoms with Crippen LogP contribution < -0.4 is 5.56 Å². The maximum atomic E-state index is 13.5. The zero-order valence-electron chi connectivity index (χ0n) is 18.0. The molecule has 0 aliphatic heterocycles. The van der Waals surface area contributed by atoms with Crippen molar-refractivity contribution in [3.8, 4) is 11.6 Å². The molecule has 5 aromatic rings. The minimum absolute atomic E-state index is 0.0625. The minimum Gasteiger partial charge on any atom is -0.409 e. The van der Waals surface area contributed by atoms with Gasteiger partial charge in [-0.3, -0.25) is 4.79 Å². The molecule has 2 aromatic heterocycles. The number of benzene rings is 3. The standard InChI is InChI=1S/C25H18ClFN4O2S/c1-15(17-11-12-21(27)20(26)13-17)34-25-29-28-23(33-25)22-18-9-5-6-10-19(18)24(32)31(30-22)14-16-7-3-2-4-8-16/h2-13,15H,14H2,1H3. The molecule has 34 heavy (non-hydrogen) atoms. The van der Waals surface area contributed by atoms with Crippen LogP contribution in [0.2, 0.25) is 5.02 Å². The predicted molar refractivity (Wildman–Crippen MR) is 131 cm³/mol. The van der Waals surface area contributed by atoms with Crippen LogP contribution in [0, 0.1) is 5.82 Å². The van der Waals surface area contributed by atoms with Crippen molar-refractivity contribution < 1.29 is 8.81 Å². The molecule has 0 N–H and O–H groups in total. The Bertz CT molecular complexity index is 1540. The van der Waals surface area contributed by atoms with Crippen molar-refractivity contribution in [1.29, 1.82) is 0 Å². The highest BCUT2D eigenvalue weighted by Gasteiger charge is 2.20. The summed E-state index contributed by atoms with van der Waals surface area (Å²) in [5.74, 6) is -0.254. The predicted octanol–water partition coefficient (Wildman–Crippen LogP) is 6.14. The number of fused-ring (bicyclic) bond motifs is 1. The van der Waals surface area contributed by atoms with Crippen molar-refractivity contribution in [3.63, 3.8) is 0 Å². The quantitative estimate of drug-likeness (QED) is 0.265. The summed E-state index contributed by atoms with van der Waals surface area (Å²) in [6, 6.07) is 21.4. The van der Waals surface area contributed by atoms with Gasteiger partial charge in [-0.05, 0) is 36.2 Å². The molecule has 0 spiro atoms. The molecule has 0 radical (unpaired) electrons. The summed E-state index contributed by atoms with van der Waals surface area (Å²) < 4.78 is 20.8. The van der Waals surface area contributed by atoms with Gasteiger partial charge < -0.3 is 4.42 Å². The summed E-state index contributed by atoms with van der Waals surface area (Å²) in [7, 11) is 0. The molecule has 1 unspecified atom stereocenters. The van der Waals surface area contributed by atoms with Crippen LogP contribution in [0.3, 0.4) is 0 Å². The van der Waals surface area contributed by atoms with Crippen molar-refractivity contribution in [2.24, 2.45) is 0 Å². The molecular formula is C25H18ClFN4O2S. The number of hydrogen-bond acceptors (Lipinski definition) is 6. The first-order valence-electron chi connectivity index (χ1n) is 10.5. The molecule has 9 heteroatoms. The fourth-order valence-electron chi connectivity index (χ4n) is 3.59. The lowest BCUT2D eigenvalue weighted by molar-refractivity contribution is 0.462. The maximum Gasteiger partial charge on any atom is 0.277 e. The Balaban J connectivity index is 1.50. The van der Waals surface area contributed by atoms with Crippen molar-refractivity contribution in [2.75, 3.05) is 0 Å². The summed E-state index contributed by atoms with van der Waals surface area (Å²) >= 11 is 7.24. The Kier molecular flexibility index (Phi) is 6.17. The molecule has 0 amide bonds. The Morgan fingerprint density at radius 1 is 1.03 bits per heavy atom. The maximum absolute atomic E-state index is 13.5. The molecule has 2 heterocycles. The second-order valence-corrected chi connectivity index (χ2v) is 9.35. The van der Waals surface area contributed by atoms with Gasteiger partial charge in [-0.25, -0.2) is 9.07 Å². The molecule has 0 bridgehead atoms. The summed E-state index contributed by atoms with van der Waals surface area (Å²) in [5, 5.41) is 14.4. The highest BCUT2D eigenvalue weighted by atomic mass is 35.5. The summed E-state index contributed by atoms with van der Waals surface area (Å²) in [4.78, 5) is 13.1. The molecule has 0 saturated heterocycles. The van der Waals surface area contributed by atoms with Crippen LogP contribution in [-0.2, 0) is 6.54 Å². The van der Waals surface area contributed by atoms with Crippen LogP contribution in [0.25, 0.3) is 22.4 Å². The topological polar surface area (TPSA) is 73.8 Å². The van der Waals surface area contributed by atoms with Crippen LogP contribution in [-0.4, -0.2) is 20.0 Å². The normalized spacial score (nSPS) is 12.2. The van der Waals surface area contributed by atoms with Crippen LogP contribution in [0.5, 0.6) is 0 Å². The Hall–Kier alpha value is -3.49. The smallest absolute Gasteiger partial charge is 0.277 e. The highest BCUT2D eigenvalue weighted by molar-refractivity contribution is 7.99. The third kappa shape index (κ3) is 4.47. The van der Waals surface area contributed by atoms with E-state index in [1.54, 1.807) is 18.2 Å². The molecule has 6 nitrogen and oxygen atoms in total. The van der Waals surface area contributed by atoms with E-state index >= 15 is 0 Å². The van der Waals surface area contributed by atoms with Crippen molar-refractivity contribution >= 4 is 34.1 Å². The van der Waals surface area contributed by atoms with Crippen LogP contribution in [0.15, 0.2) is 87.2 Å². The lowest BCUT2D eigenvalue weighted by Gasteiger charge is -2.10. The van der Waals surface area contributed by atoms with Crippen LogP contribution in [0.1, 0.15) is 23.3 Å². The van der Waals surface area contributed by atoms with Gasteiger partial charge in [-0.2, -0.15) is 5.10 Å². The van der Waals surface area contributed by atoms with Gasteiger partial charge in [-0.15, -0.1) is 10.2 Å². The molecule has 0 saturated carbocycles. The number of thioether (sulfide) groups is 1. The summed E-state index contributed by atoms with van der Waals surface area (Å²) in [5.41, 5.74) is 2.02. The first kappa shape index (κ1) is 22.3. The van der Waals surface area contributed by atoms with Crippen LogP contribution in [0.4, 0.5) is 4.39 Å². The van der Waals surface area contributed by atoms with E-state index in [1.807, 2.05) is 55.5 Å². The third-order valence-corrected chi connectivity index (χ3v) is 6.62. The van der Waals surface area contributed by atoms with E-state index in [0.717, 1.165) is 11.1 Å². The van der Waals surface area contributed by atoms with Crippen LogP contribution >= 0.6 is 23.4 Å². The lowest BCUT2D eigenvalue weighted by atomic mass is 10.1. The molecule has 3 aromatic carbocycles. The first-order chi connectivity index (χ1) is 16.5. The van der Waals surface area contributed by atoms with E-state index in [-0.39, 0.29) is 21.7 Å². The molecule has 0 fully saturated rings. The zero-order chi connectivity index (χ0) is 23.7. The zero-order valence-corrected chi connectivity index (χ0v) is 19.6. The average molecular weight is 493 g/mol. The fraction of sp³-hybridized carbons (Fsp3) is 0.120. The number of hydrogen-bond donors (Lipinski definition) is 0. The Labute approximate surface area is 203 Å². The van der Waals surface area contributed by atoms with Gasteiger partial charge in [0.15, 0.2) is 5.69 Å². The Morgan fingerprint density at radius 2 is 1.76 bits per heavy atom. The van der Waals surface area contributed by atoms with E-state index < -0.39 is 5.82 Å². The van der Waals surface area contributed by atoms with Crippen molar-refractivity contribution in [3.05, 3.63) is 105 Å². The highest BCUT2D eigenvalue weighted by Crippen LogP contribution is 2.36. The van der Waals surface area contributed by atoms with Gasteiger partial charge in [0.2, 0.25) is 0 Å². The van der Waals surface area contributed by atoms with Gasteiger partial charge in [0, 0.05) is 10.6 Å². The molecule has 5 rings (SSSR count). The SMILES string of the molecule is CC(Sc1nnc(-c2nn(Cc3ccccc3)c(=O)c3ccccc23)o1)c1ccc(F)c(Cl)c1. The average Bonchev–Trinajstić information content (AvgIpc) is 3.31. The Morgan fingerprint density at radius 3 is 2.53 bits per heavy atom. The number of nitrogens with zero attached hydrogens (tertiary/aromatic N) is 4. The van der Waals surface area contributed by atoms with E-state index in [1.165, 1.54) is 22.5 Å². The van der Waals surface area contributed by atoms with Gasteiger partial charge >= 0.3 is 0 Å². The first-order valence-corrected chi connectivity index (χ1v) is 11.7. The number of rotatable bonds is 6. The van der Waals surface area contributed by atoms with E-state index in [0.29, 0.717) is 28.2 Å². The molecule has 0 aliphatic rings. The minimum atomic E-state index is -0.466. The van der Waals surface area contributed by atoms with E-state index in [9.17, 15) is 9.18 Å². The van der Waals surface area contributed by atoms with E-state index in [4.69, 9.17) is 16.0 Å². The third-order valence-electron chi connectivity index (χ3n) is 5.34. The van der Waals surface area contributed by atoms with Crippen molar-refractivity contribution in [2.45, 2.75) is 23.9 Å². The lowest BCUT2D eigenvalue weighted by Crippen LogP contribution is -2.24. The molecule has 0 aliphatic carbocycles. The van der Waals surface area contributed by atoms with Gasteiger partial charge in [0.05, 0.1) is 17.0 Å². The molecule has 170 valence electrons. The monoisotopic (exact) mass is 492 g/mol. The number of aromatic nitrogens is 4. The number of halogens is 2. The molecular weight excluding hydrogens is 475 g/mol. The summed E-state index contributed by atoms with van der Waals surface area (Å²) in [6.07, 6.45) is 0. The largest absolute Gasteiger partial charge is 0.409 e. The van der Waals surface area contributed by atoms with Gasteiger partial charge in [-0.1, -0.05) is 78.0 Å². The second-order valence-electron chi connectivity index (χ2n) is 7.65. The van der Waals surface area contributed by atoms with Gasteiger partial charge in [0.25, 0.3) is 16.7 Å². The van der Waals surface area contributed by atoms with E-state index in [2.05, 4.69) is 15.3 Å². The summed E-state index contributed by atoms with van der Waals surface area (Å²) in [6.45, 7) is 2.25. The van der Waals surface area contributed by atoms with Gasteiger partial charge in [0.1, 0.15) is 5.82 Å². The molecule has 1 atom stereocenters. The second kappa shape index (κ2) is 9.40. The van der Waals surface area contributed by atoms with Crippen molar-refractivity contribution in [1.82, 2.24) is 20.0 Å².